The summed E-state index contributed by atoms with van der Waals surface area (Å²) >= 11 is 0. The van der Waals surface area contributed by atoms with E-state index in [4.69, 9.17) is 5.11 Å². The van der Waals surface area contributed by atoms with Crippen molar-refractivity contribution in [3.05, 3.63) is 23.8 Å². The zero-order valence-corrected chi connectivity index (χ0v) is 8.25. The van der Waals surface area contributed by atoms with Crippen LogP contribution in [0, 0.1) is 11.8 Å². The second kappa shape index (κ2) is 5.18. The Balaban J connectivity index is 2.66. The Kier molecular flexibility index (Phi) is 3.87. The Morgan fingerprint density at radius 2 is 2.00 bits per heavy atom. The number of rotatable bonds is 2. The summed E-state index contributed by atoms with van der Waals surface area (Å²) in [4.78, 5) is 0. The molecule has 0 amide bonds. The third-order valence-corrected chi connectivity index (χ3v) is 1.86. The van der Waals surface area contributed by atoms with Crippen molar-refractivity contribution in [2.75, 3.05) is 0 Å². The summed E-state index contributed by atoms with van der Waals surface area (Å²) in [6, 6.07) is 4.60. The molecule has 0 aliphatic rings. The Bertz CT molecular complexity index is 358. The van der Waals surface area contributed by atoms with Crippen LogP contribution in [0.15, 0.2) is 18.2 Å². The molecule has 2 heteroatoms. The maximum atomic E-state index is 9.19. The molecule has 0 aromatic heterocycles. The first-order chi connectivity index (χ1) is 6.74. The summed E-state index contributed by atoms with van der Waals surface area (Å²) in [6.45, 7) is 2.12. The number of phenols is 2. The normalized spacial score (nSPS) is 9.21. The molecule has 0 spiro atoms. The van der Waals surface area contributed by atoms with Gasteiger partial charge in [0, 0.05) is 12.0 Å². The summed E-state index contributed by atoms with van der Waals surface area (Å²) in [5, 5.41) is 18.2. The molecule has 0 unspecified atom stereocenters. The zero-order chi connectivity index (χ0) is 10.4. The van der Waals surface area contributed by atoms with Gasteiger partial charge in [0.25, 0.3) is 0 Å². The van der Waals surface area contributed by atoms with E-state index in [0.29, 0.717) is 0 Å². The van der Waals surface area contributed by atoms with Crippen LogP contribution in [0.4, 0.5) is 0 Å². The van der Waals surface area contributed by atoms with E-state index in [0.717, 1.165) is 24.8 Å². The fraction of sp³-hybridized carbons (Fsp3) is 0.333. The number of hydrogen-bond acceptors (Lipinski definition) is 2. The van der Waals surface area contributed by atoms with Gasteiger partial charge in [0.15, 0.2) is 11.5 Å². The predicted octanol–water partition coefficient (Wildman–Crippen LogP) is 2.64. The largest absolute Gasteiger partial charge is 0.504 e. The van der Waals surface area contributed by atoms with E-state index in [9.17, 15) is 5.11 Å². The van der Waals surface area contributed by atoms with Crippen LogP contribution < -0.4 is 0 Å². The van der Waals surface area contributed by atoms with E-state index in [1.165, 1.54) is 12.1 Å². The minimum absolute atomic E-state index is 0.107. The molecule has 0 bridgehead atoms. The van der Waals surface area contributed by atoms with Crippen molar-refractivity contribution in [2.45, 2.75) is 26.2 Å². The number of aromatic hydroxyl groups is 2. The molecule has 0 atom stereocenters. The Morgan fingerprint density at radius 1 is 1.21 bits per heavy atom. The van der Waals surface area contributed by atoms with E-state index in [1.54, 1.807) is 6.07 Å². The van der Waals surface area contributed by atoms with Gasteiger partial charge in [-0.3, -0.25) is 0 Å². The summed E-state index contributed by atoms with van der Waals surface area (Å²) < 4.78 is 0. The smallest absolute Gasteiger partial charge is 0.158 e. The van der Waals surface area contributed by atoms with Crippen LogP contribution in [0.2, 0.25) is 0 Å². The maximum Gasteiger partial charge on any atom is 0.158 e. The van der Waals surface area contributed by atoms with Gasteiger partial charge >= 0.3 is 0 Å². The molecule has 14 heavy (non-hydrogen) atoms. The number of benzene rings is 1. The van der Waals surface area contributed by atoms with Crippen LogP contribution >= 0.6 is 0 Å². The lowest BCUT2D eigenvalue weighted by molar-refractivity contribution is 0.403. The highest BCUT2D eigenvalue weighted by Gasteiger charge is 1.97. The molecule has 0 radical (unpaired) electrons. The van der Waals surface area contributed by atoms with Gasteiger partial charge in [0.1, 0.15) is 0 Å². The number of hydrogen-bond donors (Lipinski definition) is 2. The molecule has 0 aliphatic heterocycles. The first kappa shape index (κ1) is 10.5. The van der Waals surface area contributed by atoms with E-state index >= 15 is 0 Å². The van der Waals surface area contributed by atoms with Gasteiger partial charge in [-0.2, -0.15) is 0 Å². The molecular formula is C12H14O2. The predicted molar refractivity (Wildman–Crippen MR) is 56.2 cm³/mol. The fourth-order valence-corrected chi connectivity index (χ4v) is 1.03. The molecule has 1 rings (SSSR count). The van der Waals surface area contributed by atoms with Crippen LogP contribution in [-0.2, 0) is 0 Å². The first-order valence-electron chi connectivity index (χ1n) is 4.75. The summed E-state index contributed by atoms with van der Waals surface area (Å²) in [5.74, 6) is 5.71. The van der Waals surface area contributed by atoms with E-state index in [-0.39, 0.29) is 11.5 Å². The lowest BCUT2D eigenvalue weighted by Crippen LogP contribution is -1.75. The maximum absolute atomic E-state index is 9.19. The van der Waals surface area contributed by atoms with Crippen LogP contribution in [0.5, 0.6) is 11.5 Å². The molecule has 2 N–H and O–H groups in total. The van der Waals surface area contributed by atoms with Crippen molar-refractivity contribution in [3.63, 3.8) is 0 Å². The molecule has 0 saturated carbocycles. The zero-order valence-electron chi connectivity index (χ0n) is 8.25. The molecular weight excluding hydrogens is 176 g/mol. The van der Waals surface area contributed by atoms with Gasteiger partial charge in [-0.15, -0.1) is 0 Å². The Labute approximate surface area is 84.2 Å². The van der Waals surface area contributed by atoms with Gasteiger partial charge < -0.3 is 10.2 Å². The molecule has 0 aliphatic carbocycles. The lowest BCUT2D eigenvalue weighted by atomic mass is 10.2. The average Bonchev–Trinajstić information content (AvgIpc) is 2.18. The molecule has 0 saturated heterocycles. The van der Waals surface area contributed by atoms with Crippen molar-refractivity contribution >= 4 is 0 Å². The highest BCUT2D eigenvalue weighted by atomic mass is 16.3. The average molecular weight is 190 g/mol. The highest BCUT2D eigenvalue weighted by Crippen LogP contribution is 2.24. The Hall–Kier alpha value is -1.62. The minimum atomic E-state index is -0.118. The molecule has 2 nitrogen and oxygen atoms in total. The van der Waals surface area contributed by atoms with Crippen molar-refractivity contribution in [1.29, 1.82) is 0 Å². The van der Waals surface area contributed by atoms with Crippen LogP contribution in [0.25, 0.3) is 0 Å². The van der Waals surface area contributed by atoms with Crippen molar-refractivity contribution in [1.82, 2.24) is 0 Å². The van der Waals surface area contributed by atoms with Gasteiger partial charge in [-0.05, 0) is 24.6 Å². The van der Waals surface area contributed by atoms with E-state index < -0.39 is 0 Å². The van der Waals surface area contributed by atoms with Gasteiger partial charge in [0.05, 0.1) is 0 Å². The van der Waals surface area contributed by atoms with E-state index in [2.05, 4.69) is 18.8 Å². The summed E-state index contributed by atoms with van der Waals surface area (Å²) in [5.41, 5.74) is 0.733. The van der Waals surface area contributed by atoms with Gasteiger partial charge in [-0.1, -0.05) is 25.2 Å². The molecule has 0 fully saturated rings. The Morgan fingerprint density at radius 3 is 2.64 bits per heavy atom. The minimum Gasteiger partial charge on any atom is -0.504 e. The third kappa shape index (κ3) is 3.02. The lowest BCUT2D eigenvalue weighted by Gasteiger charge is -1.96. The van der Waals surface area contributed by atoms with E-state index in [1.807, 2.05) is 0 Å². The van der Waals surface area contributed by atoms with Crippen molar-refractivity contribution < 1.29 is 10.2 Å². The fourth-order valence-electron chi connectivity index (χ4n) is 1.03. The summed E-state index contributed by atoms with van der Waals surface area (Å²) in [7, 11) is 0. The van der Waals surface area contributed by atoms with Crippen LogP contribution in [-0.4, -0.2) is 10.2 Å². The van der Waals surface area contributed by atoms with Gasteiger partial charge in [-0.25, -0.2) is 0 Å². The quantitative estimate of drug-likeness (QED) is 0.427. The SMILES string of the molecule is CCCCC#Cc1ccc(O)c(O)c1. The molecule has 1 aromatic rings. The van der Waals surface area contributed by atoms with Crippen LogP contribution in [0.1, 0.15) is 31.7 Å². The second-order valence-electron chi connectivity index (χ2n) is 3.11. The summed E-state index contributed by atoms with van der Waals surface area (Å²) in [6.07, 6.45) is 3.10. The number of unbranched alkanes of at least 4 members (excludes halogenated alkanes) is 2. The standard InChI is InChI=1S/C12H14O2/c1-2-3-4-5-6-10-7-8-11(13)12(14)9-10/h7-9,13-14H,2-4H2,1H3. The topological polar surface area (TPSA) is 40.5 Å². The van der Waals surface area contributed by atoms with Crippen molar-refractivity contribution in [3.8, 4) is 23.3 Å². The highest BCUT2D eigenvalue weighted by molar-refractivity contribution is 5.46. The van der Waals surface area contributed by atoms with Crippen LogP contribution in [0.3, 0.4) is 0 Å². The molecule has 0 heterocycles. The third-order valence-electron chi connectivity index (χ3n) is 1.86. The van der Waals surface area contributed by atoms with Crippen molar-refractivity contribution in [2.24, 2.45) is 0 Å². The second-order valence-corrected chi connectivity index (χ2v) is 3.11. The van der Waals surface area contributed by atoms with Gasteiger partial charge in [0.2, 0.25) is 0 Å². The molecule has 1 aromatic carbocycles. The number of phenolic OH excluding ortho intramolecular Hbond substituents is 2. The monoisotopic (exact) mass is 190 g/mol. The first-order valence-corrected chi connectivity index (χ1v) is 4.75. The molecule has 74 valence electrons.